The Kier molecular flexibility index (Phi) is 37.7. The molecule has 50 heavy (non-hydrogen) atoms. The van der Waals surface area contributed by atoms with Crippen LogP contribution in [0, 0.1) is 0 Å². The van der Waals surface area contributed by atoms with E-state index < -0.39 is 6.10 Å². The lowest BCUT2D eigenvalue weighted by Crippen LogP contribution is -2.28. The molecule has 0 radical (unpaired) electrons. The maximum Gasteiger partial charge on any atom is 0.306 e. The average Bonchev–Trinajstić information content (AvgIpc) is 3.12. The van der Waals surface area contributed by atoms with Gasteiger partial charge in [-0.3, -0.25) is 9.59 Å². The van der Waals surface area contributed by atoms with Crippen LogP contribution in [0.4, 0.5) is 0 Å². The van der Waals surface area contributed by atoms with Crippen molar-refractivity contribution in [3.05, 3.63) is 97.2 Å². The van der Waals surface area contributed by atoms with Gasteiger partial charge in [-0.15, -0.1) is 0 Å². The van der Waals surface area contributed by atoms with E-state index >= 15 is 0 Å². The Hall–Kier alpha value is -3.18. The Morgan fingerprint density at radius 3 is 1.36 bits per heavy atom. The fourth-order valence-electron chi connectivity index (χ4n) is 4.89. The zero-order valence-electron chi connectivity index (χ0n) is 31.9. The number of unbranched alkanes of at least 4 members (excludes halogenated alkanes) is 10. The summed E-state index contributed by atoms with van der Waals surface area (Å²) >= 11 is 0. The largest absolute Gasteiger partial charge is 0.462 e. The molecule has 0 heterocycles. The number of esters is 2. The van der Waals surface area contributed by atoms with Crippen molar-refractivity contribution in [1.29, 1.82) is 0 Å². The summed E-state index contributed by atoms with van der Waals surface area (Å²) in [6.45, 7) is 3.92. The van der Waals surface area contributed by atoms with Crippen LogP contribution in [0.2, 0.25) is 0 Å². The molecule has 282 valence electrons. The van der Waals surface area contributed by atoms with Crippen molar-refractivity contribution >= 4 is 11.9 Å². The summed E-state index contributed by atoms with van der Waals surface area (Å²) in [6, 6.07) is 0. The van der Waals surface area contributed by atoms with Crippen molar-refractivity contribution in [2.45, 2.75) is 161 Å². The van der Waals surface area contributed by atoms with Gasteiger partial charge in [-0.2, -0.15) is 0 Å². The highest BCUT2D eigenvalue weighted by Gasteiger charge is 2.15. The van der Waals surface area contributed by atoms with Crippen molar-refractivity contribution in [2.75, 3.05) is 13.2 Å². The predicted molar refractivity (Wildman–Crippen MR) is 214 cm³/mol. The first-order valence-corrected chi connectivity index (χ1v) is 19.8. The van der Waals surface area contributed by atoms with Crippen LogP contribution in [0.1, 0.15) is 155 Å². The molecule has 0 aliphatic carbocycles. The van der Waals surface area contributed by atoms with Crippen LogP contribution in [0.25, 0.3) is 0 Å². The van der Waals surface area contributed by atoms with Crippen molar-refractivity contribution in [3.63, 3.8) is 0 Å². The van der Waals surface area contributed by atoms with E-state index in [4.69, 9.17) is 9.47 Å². The predicted octanol–water partition coefficient (Wildman–Crippen LogP) is 12.5. The zero-order valence-corrected chi connectivity index (χ0v) is 31.9. The lowest BCUT2D eigenvalue weighted by atomic mass is 10.1. The fraction of sp³-hybridized carbons (Fsp3) is 0.600. The van der Waals surface area contributed by atoms with E-state index in [0.29, 0.717) is 12.8 Å². The van der Waals surface area contributed by atoms with Crippen molar-refractivity contribution in [1.82, 2.24) is 0 Å². The quantitative estimate of drug-likeness (QED) is 0.0413. The number of carbonyl (C=O) groups excluding carboxylic acids is 2. The maximum absolute atomic E-state index is 12.1. The summed E-state index contributed by atoms with van der Waals surface area (Å²) in [6.07, 6.45) is 56.1. The number of carbonyl (C=O) groups is 2. The van der Waals surface area contributed by atoms with Crippen LogP contribution in [0.15, 0.2) is 97.2 Å². The van der Waals surface area contributed by atoms with Gasteiger partial charge in [0.15, 0.2) is 6.10 Å². The molecule has 1 atom stereocenters. The molecule has 0 rings (SSSR count). The van der Waals surface area contributed by atoms with Gasteiger partial charge in [0.1, 0.15) is 6.61 Å². The summed E-state index contributed by atoms with van der Waals surface area (Å²) in [7, 11) is 0. The molecule has 1 N–H and O–H groups in total. The second kappa shape index (κ2) is 40.3. The van der Waals surface area contributed by atoms with E-state index in [2.05, 4.69) is 111 Å². The highest BCUT2D eigenvalue weighted by molar-refractivity contribution is 5.70. The monoisotopic (exact) mass is 693 g/mol. The van der Waals surface area contributed by atoms with E-state index in [1.807, 2.05) is 0 Å². The van der Waals surface area contributed by atoms with Crippen molar-refractivity contribution < 1.29 is 24.2 Å². The highest BCUT2D eigenvalue weighted by atomic mass is 16.6. The number of hydrogen-bond donors (Lipinski definition) is 1. The molecule has 0 amide bonds. The van der Waals surface area contributed by atoms with E-state index in [1.54, 1.807) is 0 Å². The van der Waals surface area contributed by atoms with Gasteiger partial charge in [0.05, 0.1) is 6.61 Å². The second-order valence-electron chi connectivity index (χ2n) is 12.6. The van der Waals surface area contributed by atoms with Gasteiger partial charge < -0.3 is 14.6 Å². The highest BCUT2D eigenvalue weighted by Crippen LogP contribution is 2.09. The van der Waals surface area contributed by atoms with Crippen LogP contribution < -0.4 is 0 Å². The Bertz CT molecular complexity index is 1010. The third-order valence-corrected chi connectivity index (χ3v) is 7.86. The molecule has 0 saturated carbocycles. The minimum Gasteiger partial charge on any atom is -0.462 e. The molecule has 0 aliphatic rings. The molecule has 0 aliphatic heterocycles. The van der Waals surface area contributed by atoms with Crippen molar-refractivity contribution in [3.8, 4) is 0 Å². The summed E-state index contributed by atoms with van der Waals surface area (Å²) in [5, 5.41) is 9.55. The summed E-state index contributed by atoms with van der Waals surface area (Å²) in [5.74, 6) is -0.700. The van der Waals surface area contributed by atoms with Crippen LogP contribution in [0.3, 0.4) is 0 Å². The molecule has 0 fully saturated rings. The lowest BCUT2D eigenvalue weighted by Gasteiger charge is -2.15. The Morgan fingerprint density at radius 1 is 0.480 bits per heavy atom. The topological polar surface area (TPSA) is 72.8 Å². The third-order valence-electron chi connectivity index (χ3n) is 7.86. The van der Waals surface area contributed by atoms with Gasteiger partial charge in [-0.05, 0) is 89.9 Å². The minimum atomic E-state index is -0.817. The summed E-state index contributed by atoms with van der Waals surface area (Å²) in [4.78, 5) is 24.2. The SMILES string of the molecule is CCC=CCC=CCC=CCC=CCC=CCCCCCC(=O)OCC(CO)OC(=O)CCCC=CCC=CCC=CCCCCCCCC. The standard InChI is InChI=1S/C45H72O5/c1-3-5-7-9-11-13-15-17-19-21-22-24-25-27-29-31-33-35-37-39-44(47)49-42-43(41-46)50-45(48)40-38-36-34-32-30-28-26-23-20-18-16-14-12-10-8-6-4-2/h5,7,11,13,17-20,22,24,26-29,32,34,43,46H,3-4,6,8-10,12,14-16,21,23,25,30-31,33,35-42H2,1-2H3. The van der Waals surface area contributed by atoms with E-state index in [0.717, 1.165) is 77.0 Å². The Labute approximate surface area is 307 Å². The summed E-state index contributed by atoms with van der Waals surface area (Å²) in [5.41, 5.74) is 0. The molecular weight excluding hydrogens is 620 g/mol. The first-order chi connectivity index (χ1) is 24.6. The van der Waals surface area contributed by atoms with Gasteiger partial charge in [0, 0.05) is 12.8 Å². The minimum absolute atomic E-state index is 0.110. The average molecular weight is 693 g/mol. The van der Waals surface area contributed by atoms with Gasteiger partial charge in [0.25, 0.3) is 0 Å². The molecule has 0 saturated heterocycles. The number of aliphatic hydroxyl groups is 1. The molecule has 1 unspecified atom stereocenters. The first kappa shape index (κ1) is 46.8. The van der Waals surface area contributed by atoms with E-state index in [1.165, 1.54) is 44.9 Å². The number of aliphatic hydroxyl groups excluding tert-OH is 1. The van der Waals surface area contributed by atoms with Gasteiger partial charge in [0.2, 0.25) is 0 Å². The molecule has 0 spiro atoms. The molecule has 0 aromatic heterocycles. The fourth-order valence-corrected chi connectivity index (χ4v) is 4.89. The molecule has 0 aromatic carbocycles. The van der Waals surface area contributed by atoms with Crippen molar-refractivity contribution in [2.24, 2.45) is 0 Å². The maximum atomic E-state index is 12.1. The molecule has 5 nitrogen and oxygen atoms in total. The van der Waals surface area contributed by atoms with Crippen LogP contribution >= 0.6 is 0 Å². The third kappa shape index (κ3) is 37.6. The van der Waals surface area contributed by atoms with Crippen LogP contribution in [0.5, 0.6) is 0 Å². The molecule has 5 heteroatoms. The Balaban J connectivity index is 3.75. The van der Waals surface area contributed by atoms with Crippen LogP contribution in [-0.2, 0) is 19.1 Å². The van der Waals surface area contributed by atoms with Gasteiger partial charge >= 0.3 is 11.9 Å². The Morgan fingerprint density at radius 2 is 0.880 bits per heavy atom. The summed E-state index contributed by atoms with van der Waals surface area (Å²) < 4.78 is 10.5. The number of hydrogen-bond acceptors (Lipinski definition) is 5. The molecule has 0 bridgehead atoms. The number of ether oxygens (including phenoxy) is 2. The normalized spacial score (nSPS) is 13.3. The second-order valence-corrected chi connectivity index (χ2v) is 12.6. The van der Waals surface area contributed by atoms with Gasteiger partial charge in [-0.1, -0.05) is 150 Å². The number of allylic oxidation sites excluding steroid dienone is 16. The number of rotatable bonds is 34. The molecular formula is C45H72O5. The smallest absolute Gasteiger partial charge is 0.306 e. The lowest BCUT2D eigenvalue weighted by molar-refractivity contribution is -0.161. The first-order valence-electron chi connectivity index (χ1n) is 19.8. The van der Waals surface area contributed by atoms with Crippen LogP contribution in [-0.4, -0.2) is 36.4 Å². The van der Waals surface area contributed by atoms with E-state index in [9.17, 15) is 14.7 Å². The van der Waals surface area contributed by atoms with E-state index in [-0.39, 0.29) is 31.6 Å². The van der Waals surface area contributed by atoms with Gasteiger partial charge in [-0.25, -0.2) is 0 Å². The zero-order chi connectivity index (χ0) is 36.4. The molecule has 0 aromatic rings.